The Morgan fingerprint density at radius 2 is 0.717 bits per heavy atom. The van der Waals surface area contributed by atoms with E-state index in [1.165, 1.54) is 0 Å². The molecule has 0 bridgehead atoms. The lowest BCUT2D eigenvalue weighted by atomic mass is 10.0. The van der Waals surface area contributed by atoms with Crippen LogP contribution in [0.4, 0.5) is 22.7 Å². The highest BCUT2D eigenvalue weighted by molar-refractivity contribution is 6.23. The van der Waals surface area contributed by atoms with E-state index in [9.17, 15) is 19.2 Å². The van der Waals surface area contributed by atoms with E-state index in [1.807, 2.05) is 121 Å². The Bertz CT molecular complexity index is 3130. The third kappa shape index (κ3) is 5.49. The number of nitrogens with one attached hydrogen (secondary N) is 6. The van der Waals surface area contributed by atoms with Gasteiger partial charge in [0.2, 0.25) is 0 Å². The van der Waals surface area contributed by atoms with Gasteiger partial charge < -0.3 is 21.3 Å². The molecule has 0 saturated heterocycles. The fraction of sp³-hybridized carbons (Fsp3) is 0.0800. The average Bonchev–Trinajstić information content (AvgIpc) is 3.99. The summed E-state index contributed by atoms with van der Waals surface area (Å²) >= 11 is 0. The van der Waals surface area contributed by atoms with Crippen molar-refractivity contribution in [3.8, 4) is 0 Å². The molecule has 0 spiro atoms. The standard InChI is InChI=1S/2C25H17N3O2/c26-25(27-19-9-7-13-11-21(29)17-5-1-3-15(19)23(13)17)28-20-10-8-14-12-22(30)18-6-2-4-16(20)24(14)18;26-25(27-19-9-7-13-3-1-5-15-21(29)11-17(19)23(13)15)28-20-10-8-14-4-2-6-16-22(30)12-18(20)24(14)16/h2*1-10H,11-12H2,(H3,26,27,28). The molecule has 0 unspecified atom stereocenters. The SMILES string of the molecule is N=C(Nc1ccc2c3c(cccc13)C(=O)C2)Nc1ccc2c3c(cccc13)C(=O)C2.N=C(Nc1ccc2cccc3c2c1CC3=O)Nc1ccc2cccc3c2c1CC3=O. The number of hydrogen-bond acceptors (Lipinski definition) is 6. The summed E-state index contributed by atoms with van der Waals surface area (Å²) in [7, 11) is 0. The zero-order chi connectivity index (χ0) is 40.8. The monoisotopic (exact) mass is 782 g/mol. The quantitative estimate of drug-likeness (QED) is 0.0759. The highest BCUT2D eigenvalue weighted by atomic mass is 16.1. The third-order valence-electron chi connectivity index (χ3n) is 12.2. The Hall–Kier alpha value is -7.98. The van der Waals surface area contributed by atoms with Crippen LogP contribution < -0.4 is 21.3 Å². The molecule has 0 aromatic heterocycles. The second-order valence-electron chi connectivity index (χ2n) is 15.6. The van der Waals surface area contributed by atoms with Crippen molar-refractivity contribution in [3.63, 3.8) is 0 Å². The molecule has 8 aromatic rings. The summed E-state index contributed by atoms with van der Waals surface area (Å²) < 4.78 is 0. The third-order valence-corrected chi connectivity index (χ3v) is 12.2. The first-order valence-corrected chi connectivity index (χ1v) is 19.8. The van der Waals surface area contributed by atoms with Crippen LogP contribution in [0, 0.1) is 10.8 Å². The number of carbonyl (C=O) groups excluding carboxylic acids is 4. The summed E-state index contributed by atoms with van der Waals surface area (Å²) in [6.07, 6.45) is 1.55. The van der Waals surface area contributed by atoms with E-state index in [0.717, 1.165) is 110 Å². The van der Waals surface area contributed by atoms with Gasteiger partial charge in [-0.05, 0) is 78.8 Å². The molecule has 0 saturated carbocycles. The van der Waals surface area contributed by atoms with Gasteiger partial charge in [-0.25, -0.2) is 0 Å². The van der Waals surface area contributed by atoms with E-state index < -0.39 is 0 Å². The zero-order valence-corrected chi connectivity index (χ0v) is 32.0. The largest absolute Gasteiger partial charge is 0.326 e. The van der Waals surface area contributed by atoms with Gasteiger partial charge in [0.15, 0.2) is 35.1 Å². The van der Waals surface area contributed by atoms with Crippen molar-refractivity contribution in [2.24, 2.45) is 0 Å². The predicted molar refractivity (Wildman–Crippen MR) is 238 cm³/mol. The maximum absolute atomic E-state index is 12.4. The number of benzene rings is 8. The first-order chi connectivity index (χ1) is 29.2. The number of hydrogen-bond donors (Lipinski definition) is 6. The van der Waals surface area contributed by atoms with Crippen LogP contribution in [0.3, 0.4) is 0 Å². The van der Waals surface area contributed by atoms with Gasteiger partial charge in [-0.15, -0.1) is 0 Å². The van der Waals surface area contributed by atoms with E-state index in [1.54, 1.807) is 0 Å². The van der Waals surface area contributed by atoms with Crippen LogP contribution in [0.1, 0.15) is 63.7 Å². The molecule has 60 heavy (non-hydrogen) atoms. The molecule has 0 radical (unpaired) electrons. The number of anilines is 4. The molecule has 4 aliphatic carbocycles. The van der Waals surface area contributed by atoms with E-state index in [-0.39, 0.29) is 35.1 Å². The minimum atomic E-state index is 0.106. The number of rotatable bonds is 4. The summed E-state index contributed by atoms with van der Waals surface area (Å²) in [5, 5.41) is 37.3. The van der Waals surface area contributed by atoms with Crippen molar-refractivity contribution in [2.45, 2.75) is 25.7 Å². The summed E-state index contributed by atoms with van der Waals surface area (Å²) in [5.74, 6) is 0.739. The van der Waals surface area contributed by atoms with Crippen molar-refractivity contribution < 1.29 is 19.2 Å². The Morgan fingerprint density at radius 3 is 1.15 bits per heavy atom. The summed E-state index contributed by atoms with van der Waals surface area (Å²) in [4.78, 5) is 49.2. The molecular weight excluding hydrogens is 749 g/mol. The van der Waals surface area contributed by atoms with Crippen LogP contribution in [-0.4, -0.2) is 35.1 Å². The van der Waals surface area contributed by atoms with Gasteiger partial charge in [0.05, 0.1) is 0 Å². The molecular formula is C50H34N6O4. The summed E-state index contributed by atoms with van der Waals surface area (Å²) in [6, 6.07) is 38.5. The van der Waals surface area contributed by atoms with Gasteiger partial charge in [-0.3, -0.25) is 30.0 Å². The smallest absolute Gasteiger partial charge is 0.197 e. The Labute approximate surface area is 342 Å². The minimum absolute atomic E-state index is 0.106. The Morgan fingerprint density at radius 1 is 0.367 bits per heavy atom. The van der Waals surface area contributed by atoms with Crippen molar-refractivity contribution in [2.75, 3.05) is 21.3 Å². The van der Waals surface area contributed by atoms with Gasteiger partial charge in [-0.1, -0.05) is 97.1 Å². The first-order valence-electron chi connectivity index (χ1n) is 19.8. The molecule has 0 fully saturated rings. The molecule has 10 heteroatoms. The molecule has 0 aliphatic heterocycles. The van der Waals surface area contributed by atoms with Crippen molar-refractivity contribution in [1.29, 1.82) is 10.8 Å². The van der Waals surface area contributed by atoms with Crippen LogP contribution in [0.25, 0.3) is 43.1 Å². The first kappa shape index (κ1) is 35.2. The summed E-state index contributed by atoms with van der Waals surface area (Å²) in [5.41, 5.74) is 10.0. The second-order valence-corrected chi connectivity index (χ2v) is 15.6. The molecule has 4 aliphatic rings. The van der Waals surface area contributed by atoms with Gasteiger partial charge in [0.25, 0.3) is 0 Å². The molecule has 12 rings (SSSR count). The predicted octanol–water partition coefficient (Wildman–Crippen LogP) is 9.86. The number of guanidine groups is 2. The zero-order valence-electron chi connectivity index (χ0n) is 32.0. The minimum Gasteiger partial charge on any atom is -0.326 e. The Kier molecular flexibility index (Phi) is 7.80. The maximum Gasteiger partial charge on any atom is 0.197 e. The molecule has 8 aromatic carbocycles. The number of Topliss-reactive ketones (excluding diaryl/α,β-unsaturated/α-hetero) is 4. The lowest BCUT2D eigenvalue weighted by Crippen LogP contribution is -2.22. The molecule has 0 atom stereocenters. The van der Waals surface area contributed by atoms with E-state index in [4.69, 9.17) is 10.8 Å². The van der Waals surface area contributed by atoms with Crippen LogP contribution in [0.5, 0.6) is 0 Å². The normalized spacial score (nSPS) is 14.0. The van der Waals surface area contributed by atoms with Crippen LogP contribution in [0.2, 0.25) is 0 Å². The van der Waals surface area contributed by atoms with Crippen LogP contribution in [0.15, 0.2) is 121 Å². The van der Waals surface area contributed by atoms with Crippen LogP contribution in [-0.2, 0) is 25.7 Å². The van der Waals surface area contributed by atoms with E-state index >= 15 is 0 Å². The summed E-state index contributed by atoms with van der Waals surface area (Å²) in [6.45, 7) is 0. The van der Waals surface area contributed by atoms with Gasteiger partial charge in [0.1, 0.15) is 0 Å². The molecule has 288 valence electrons. The van der Waals surface area contributed by atoms with E-state index in [2.05, 4.69) is 21.3 Å². The van der Waals surface area contributed by atoms with Crippen molar-refractivity contribution in [3.05, 3.63) is 166 Å². The van der Waals surface area contributed by atoms with Gasteiger partial charge >= 0.3 is 0 Å². The second kappa shape index (κ2) is 13.3. The Balaban J connectivity index is 0.000000136. The van der Waals surface area contributed by atoms with Crippen molar-refractivity contribution >= 4 is 101 Å². The maximum atomic E-state index is 12.4. The highest BCUT2D eigenvalue weighted by Gasteiger charge is 2.28. The number of carbonyl (C=O) groups is 4. The van der Waals surface area contributed by atoms with Gasteiger partial charge in [-0.2, -0.15) is 0 Å². The fourth-order valence-corrected chi connectivity index (χ4v) is 9.56. The fourth-order valence-electron chi connectivity index (χ4n) is 9.56. The number of ketones is 4. The van der Waals surface area contributed by atoms with E-state index in [0.29, 0.717) is 25.7 Å². The van der Waals surface area contributed by atoms with Gasteiger partial charge in [0, 0.05) is 81.5 Å². The lowest BCUT2D eigenvalue weighted by molar-refractivity contribution is 0.0991. The molecule has 0 amide bonds. The molecule has 6 N–H and O–H groups in total. The molecule has 0 heterocycles. The lowest BCUT2D eigenvalue weighted by Gasteiger charge is -2.15. The van der Waals surface area contributed by atoms with Crippen molar-refractivity contribution in [1.82, 2.24) is 0 Å². The average molecular weight is 783 g/mol. The van der Waals surface area contributed by atoms with Crippen LogP contribution >= 0.6 is 0 Å². The highest BCUT2D eigenvalue weighted by Crippen LogP contribution is 2.39. The molecule has 10 nitrogen and oxygen atoms in total. The topological polar surface area (TPSA) is 164 Å².